The van der Waals surface area contributed by atoms with E-state index in [2.05, 4.69) is 77.3 Å². The smallest absolute Gasteiger partial charge is 0.214 e. The van der Waals surface area contributed by atoms with Gasteiger partial charge in [0.2, 0.25) is 12.4 Å². The van der Waals surface area contributed by atoms with Gasteiger partial charge in [0.1, 0.15) is 5.82 Å². The number of rotatable bonds is 5. The first kappa shape index (κ1) is 40.0. The number of nitriles is 1. The fourth-order valence-corrected chi connectivity index (χ4v) is 5.41. The molecular weight excluding hydrogens is 612 g/mol. The van der Waals surface area contributed by atoms with Crippen LogP contribution in [-0.2, 0) is 11.3 Å². The van der Waals surface area contributed by atoms with Crippen molar-refractivity contribution >= 4 is 30.6 Å². The van der Waals surface area contributed by atoms with Crippen LogP contribution < -0.4 is 10.6 Å². The van der Waals surface area contributed by atoms with Crippen molar-refractivity contribution in [2.75, 3.05) is 25.9 Å². The number of nitrogens with zero attached hydrogens (tertiary/aromatic N) is 3. The van der Waals surface area contributed by atoms with Crippen LogP contribution in [0.4, 0.5) is 8.78 Å². The summed E-state index contributed by atoms with van der Waals surface area (Å²) in [6.45, 7) is 13.5. The maximum Gasteiger partial charge on any atom is 0.214 e. The van der Waals surface area contributed by atoms with E-state index in [0.29, 0.717) is 28.7 Å². The number of pyridine rings is 1. The van der Waals surface area contributed by atoms with Crippen LogP contribution in [-0.4, -0.2) is 54.3 Å². The molecule has 3 aromatic rings. The lowest BCUT2D eigenvalue weighted by atomic mass is 9.86. The minimum atomic E-state index is -0.544. The van der Waals surface area contributed by atoms with Crippen molar-refractivity contribution in [2.24, 2.45) is 5.92 Å². The molecule has 246 valence electrons. The van der Waals surface area contributed by atoms with Gasteiger partial charge in [0, 0.05) is 48.4 Å². The van der Waals surface area contributed by atoms with Crippen LogP contribution in [0.1, 0.15) is 61.8 Å². The third-order valence-corrected chi connectivity index (χ3v) is 7.77. The Morgan fingerprint density at radius 2 is 1.78 bits per heavy atom. The summed E-state index contributed by atoms with van der Waals surface area (Å²) in [5, 5.41) is 16.0. The van der Waals surface area contributed by atoms with Crippen molar-refractivity contribution < 1.29 is 13.6 Å². The van der Waals surface area contributed by atoms with E-state index in [1.807, 2.05) is 26.0 Å². The van der Waals surface area contributed by atoms with E-state index in [9.17, 15) is 18.8 Å². The number of aryl methyl sites for hydroxylation is 2. The maximum atomic E-state index is 14.6. The molecule has 2 N–H and O–H groups in total. The highest BCUT2D eigenvalue weighted by molar-refractivity contribution is 7.79. The van der Waals surface area contributed by atoms with Gasteiger partial charge in [-0.15, -0.1) is 0 Å². The fourth-order valence-electron chi connectivity index (χ4n) is 5.26. The Bertz CT molecular complexity index is 1300. The molecule has 0 aliphatic carbocycles. The summed E-state index contributed by atoms with van der Waals surface area (Å²) < 4.78 is 26.5. The fraction of sp³-hybridized carbons (Fsp3) is 0.457. The van der Waals surface area contributed by atoms with E-state index >= 15 is 0 Å². The van der Waals surface area contributed by atoms with E-state index in [1.165, 1.54) is 23.4 Å². The minimum Gasteiger partial charge on any atom is -0.356 e. The van der Waals surface area contributed by atoms with Crippen molar-refractivity contribution in [3.63, 3.8) is 0 Å². The standard InChI is InChI=1S/C21H23FN2.C6H12N2O.C5H3ClFN.C2H6.CH4S/c1-14-6-4-8-17(10-14)12-24-13-20(19(11-23)16(24)3)18-9-5-7-15(2)21(18)22;9-5-8-6-1-3-7-4-2-6;6-4-1-2-8-5(7)3-4;2*1-2/h4-10,16,19-20H,12-13H2,1-3H3;5-7H,1-4H2,(H,8,9);1-3H;1-2H3;2H,1H3. The van der Waals surface area contributed by atoms with Crippen LogP contribution in [0.3, 0.4) is 0 Å². The highest BCUT2D eigenvalue weighted by Crippen LogP contribution is 2.39. The van der Waals surface area contributed by atoms with E-state index < -0.39 is 5.95 Å². The summed E-state index contributed by atoms with van der Waals surface area (Å²) in [6, 6.07) is 19.6. The van der Waals surface area contributed by atoms with Gasteiger partial charge in [0.15, 0.2) is 0 Å². The van der Waals surface area contributed by atoms with Gasteiger partial charge in [0.25, 0.3) is 0 Å². The van der Waals surface area contributed by atoms with Crippen molar-refractivity contribution in [3.8, 4) is 6.07 Å². The highest BCUT2D eigenvalue weighted by Gasteiger charge is 2.41. The molecule has 2 aliphatic rings. The largest absolute Gasteiger partial charge is 0.356 e. The lowest BCUT2D eigenvalue weighted by Crippen LogP contribution is -2.39. The molecule has 0 saturated carbocycles. The molecule has 0 spiro atoms. The van der Waals surface area contributed by atoms with Gasteiger partial charge in [-0.25, -0.2) is 9.37 Å². The maximum absolute atomic E-state index is 14.6. The van der Waals surface area contributed by atoms with E-state index in [4.69, 9.17) is 11.6 Å². The third kappa shape index (κ3) is 13.5. The molecule has 10 heteroatoms. The van der Waals surface area contributed by atoms with Gasteiger partial charge < -0.3 is 10.6 Å². The summed E-state index contributed by atoms with van der Waals surface area (Å²) in [7, 11) is 0. The van der Waals surface area contributed by atoms with Crippen molar-refractivity contribution in [1.82, 2.24) is 20.5 Å². The van der Waals surface area contributed by atoms with Crippen LogP contribution in [0, 0.1) is 42.9 Å². The Kier molecular flexibility index (Phi) is 20.0. The number of piperidine rings is 1. The number of thiol groups is 1. The molecule has 3 heterocycles. The lowest BCUT2D eigenvalue weighted by Gasteiger charge is -2.22. The van der Waals surface area contributed by atoms with Gasteiger partial charge in [-0.2, -0.15) is 22.3 Å². The summed E-state index contributed by atoms with van der Waals surface area (Å²) in [6.07, 6.45) is 5.94. The molecular formula is C35H48ClF2N5OS. The normalized spacial score (nSPS) is 19.0. The number of halogens is 3. The second-order valence-corrected chi connectivity index (χ2v) is 10.9. The van der Waals surface area contributed by atoms with Gasteiger partial charge in [0.05, 0.1) is 12.0 Å². The average Bonchev–Trinajstić information content (AvgIpc) is 3.36. The number of aromatic nitrogens is 1. The monoisotopic (exact) mass is 659 g/mol. The summed E-state index contributed by atoms with van der Waals surface area (Å²) in [5.41, 5.74) is 3.80. The number of likely N-dealkylation sites (tertiary alicyclic amines) is 1. The Hall–Kier alpha value is -3.03. The molecule has 1 aromatic heterocycles. The van der Waals surface area contributed by atoms with Crippen molar-refractivity contribution in [2.45, 2.75) is 72.0 Å². The molecule has 0 bridgehead atoms. The zero-order chi connectivity index (χ0) is 33.8. The number of carbonyl (C=O) groups is 1. The van der Waals surface area contributed by atoms with Crippen LogP contribution >= 0.6 is 24.2 Å². The first-order chi connectivity index (χ1) is 21.7. The number of nitrogens with one attached hydrogen (secondary N) is 2. The zero-order valence-corrected chi connectivity index (χ0v) is 28.9. The molecule has 2 aliphatic heterocycles. The highest BCUT2D eigenvalue weighted by atomic mass is 35.5. The molecule has 5 rings (SSSR count). The Balaban J connectivity index is 0.000000394. The molecule has 0 radical (unpaired) electrons. The van der Waals surface area contributed by atoms with Crippen LogP contribution in [0.25, 0.3) is 0 Å². The minimum absolute atomic E-state index is 0.0743. The van der Waals surface area contributed by atoms with Crippen LogP contribution in [0.5, 0.6) is 0 Å². The first-order valence-corrected chi connectivity index (χ1v) is 16.6. The topological polar surface area (TPSA) is 81.0 Å². The molecule has 2 aromatic carbocycles. The quantitative estimate of drug-likeness (QED) is 0.150. The predicted molar refractivity (Wildman–Crippen MR) is 185 cm³/mol. The van der Waals surface area contributed by atoms with Gasteiger partial charge in [-0.05, 0) is 75.7 Å². The number of hydrogen-bond acceptors (Lipinski definition) is 6. The zero-order valence-electron chi connectivity index (χ0n) is 27.2. The molecule has 2 saturated heterocycles. The Labute approximate surface area is 279 Å². The molecule has 1 amide bonds. The van der Waals surface area contributed by atoms with Gasteiger partial charge in [-0.1, -0.05) is 73.5 Å². The summed E-state index contributed by atoms with van der Waals surface area (Å²) in [4.78, 5) is 15.5. The van der Waals surface area contributed by atoms with Gasteiger partial charge >= 0.3 is 0 Å². The van der Waals surface area contributed by atoms with Crippen molar-refractivity contribution in [3.05, 3.63) is 99.8 Å². The summed E-state index contributed by atoms with van der Waals surface area (Å²) in [5.74, 6) is -0.967. The molecule has 45 heavy (non-hydrogen) atoms. The van der Waals surface area contributed by atoms with Crippen molar-refractivity contribution in [1.29, 1.82) is 5.26 Å². The second kappa shape index (κ2) is 22.5. The number of amides is 1. The first-order valence-electron chi connectivity index (χ1n) is 15.3. The Morgan fingerprint density at radius 1 is 1.11 bits per heavy atom. The molecule has 3 unspecified atom stereocenters. The predicted octanol–water partition coefficient (Wildman–Crippen LogP) is 7.50. The summed E-state index contributed by atoms with van der Waals surface area (Å²) >= 11 is 8.89. The van der Waals surface area contributed by atoms with E-state index in [0.717, 1.165) is 45.0 Å². The van der Waals surface area contributed by atoms with Gasteiger partial charge in [-0.3, -0.25) is 9.69 Å². The number of carbonyl (C=O) groups excluding carboxylic acids is 1. The molecule has 3 atom stereocenters. The Morgan fingerprint density at radius 3 is 2.33 bits per heavy atom. The average molecular weight is 660 g/mol. The number of hydrogen-bond donors (Lipinski definition) is 3. The number of benzene rings is 2. The van der Waals surface area contributed by atoms with Crippen LogP contribution in [0.2, 0.25) is 5.02 Å². The molecule has 2 fully saturated rings. The lowest BCUT2D eigenvalue weighted by molar-refractivity contribution is -0.110. The SMILES string of the molecule is CC.CS.Cc1cccc(CN2CC(c3cccc(C)c3F)C(C#N)C2C)c1.Fc1cc(Cl)ccn1.O=CNC1CCNCC1. The second-order valence-electron chi connectivity index (χ2n) is 10.5. The van der Waals surface area contributed by atoms with E-state index in [1.54, 1.807) is 19.2 Å². The third-order valence-electron chi connectivity index (χ3n) is 7.53. The van der Waals surface area contributed by atoms with Crippen LogP contribution in [0.15, 0.2) is 60.8 Å². The van der Waals surface area contributed by atoms with E-state index in [-0.39, 0.29) is 23.7 Å². The molecule has 6 nitrogen and oxygen atoms in total.